The molecule has 2 rings (SSSR count). The van der Waals surface area contributed by atoms with Crippen molar-refractivity contribution in [1.29, 1.82) is 0 Å². The summed E-state index contributed by atoms with van der Waals surface area (Å²) in [6, 6.07) is 5.33. The van der Waals surface area contributed by atoms with Crippen LogP contribution in [0.3, 0.4) is 0 Å². The summed E-state index contributed by atoms with van der Waals surface area (Å²) < 4.78 is 0. The highest BCUT2D eigenvalue weighted by Crippen LogP contribution is 2.25. The first-order chi connectivity index (χ1) is 9.99. The largest absolute Gasteiger partial charge is 0.327 e. The molecule has 0 saturated carbocycles. The van der Waals surface area contributed by atoms with Gasteiger partial charge in [-0.25, -0.2) is 0 Å². The molecule has 1 fully saturated rings. The Balaban J connectivity index is 1.88. The van der Waals surface area contributed by atoms with Gasteiger partial charge in [0.05, 0.1) is 16.6 Å². The highest BCUT2D eigenvalue weighted by molar-refractivity contribution is 6.42. The third-order valence-corrected chi connectivity index (χ3v) is 4.71. The zero-order valence-corrected chi connectivity index (χ0v) is 13.6. The topological polar surface area (TPSA) is 58.4 Å². The van der Waals surface area contributed by atoms with Crippen LogP contribution < -0.4 is 11.1 Å². The van der Waals surface area contributed by atoms with Gasteiger partial charge in [0.25, 0.3) is 0 Å². The number of nitrogens with zero attached hydrogens (tertiary/aromatic N) is 1. The van der Waals surface area contributed by atoms with E-state index in [1.807, 2.05) is 0 Å². The van der Waals surface area contributed by atoms with E-state index in [1.54, 1.807) is 18.2 Å². The predicted octanol–water partition coefficient (Wildman–Crippen LogP) is 2.99. The van der Waals surface area contributed by atoms with Crippen molar-refractivity contribution in [2.45, 2.75) is 25.8 Å². The number of anilines is 1. The highest BCUT2D eigenvalue weighted by atomic mass is 35.5. The smallest absolute Gasteiger partial charge is 0.238 e. The van der Waals surface area contributed by atoms with Gasteiger partial charge in [0.1, 0.15) is 0 Å². The quantitative estimate of drug-likeness (QED) is 0.892. The molecule has 6 heteroatoms. The van der Waals surface area contributed by atoms with Crippen LogP contribution in [0.5, 0.6) is 0 Å². The van der Waals surface area contributed by atoms with E-state index in [1.165, 1.54) is 0 Å². The summed E-state index contributed by atoms with van der Waals surface area (Å²) in [5.74, 6) is 0.426. The number of likely N-dealkylation sites (tertiary alicyclic amines) is 1. The lowest BCUT2D eigenvalue weighted by Crippen LogP contribution is -2.48. The van der Waals surface area contributed by atoms with Crippen LogP contribution >= 0.6 is 23.2 Å². The molecule has 0 bridgehead atoms. The molecule has 1 saturated heterocycles. The van der Waals surface area contributed by atoms with Crippen molar-refractivity contribution < 1.29 is 4.79 Å². The van der Waals surface area contributed by atoms with Gasteiger partial charge in [-0.2, -0.15) is 0 Å². The number of benzene rings is 1. The van der Waals surface area contributed by atoms with Gasteiger partial charge < -0.3 is 11.1 Å². The van der Waals surface area contributed by atoms with E-state index in [4.69, 9.17) is 28.9 Å². The molecule has 2 unspecified atom stereocenters. The molecule has 0 radical (unpaired) electrons. The molecule has 1 aliphatic rings. The van der Waals surface area contributed by atoms with E-state index in [0.29, 0.717) is 28.2 Å². The zero-order chi connectivity index (χ0) is 15.4. The molecule has 1 amide bonds. The third kappa shape index (κ3) is 4.58. The van der Waals surface area contributed by atoms with E-state index < -0.39 is 0 Å². The lowest BCUT2D eigenvalue weighted by atomic mass is 9.91. The van der Waals surface area contributed by atoms with Gasteiger partial charge in [-0.05, 0) is 30.5 Å². The SMILES string of the molecule is CCC1CN(CC(=O)Nc2ccc(Cl)c(Cl)c2)CCC1N. The molecule has 1 aromatic rings. The number of nitrogens with two attached hydrogens (primary N) is 1. The maximum absolute atomic E-state index is 12.1. The van der Waals surface area contributed by atoms with E-state index >= 15 is 0 Å². The number of amides is 1. The van der Waals surface area contributed by atoms with Crippen LogP contribution in [0.4, 0.5) is 5.69 Å². The number of nitrogens with one attached hydrogen (secondary N) is 1. The number of hydrogen-bond donors (Lipinski definition) is 2. The average Bonchev–Trinajstić information content (AvgIpc) is 2.45. The fraction of sp³-hybridized carbons (Fsp3) is 0.533. The lowest BCUT2D eigenvalue weighted by molar-refractivity contribution is -0.117. The van der Waals surface area contributed by atoms with E-state index in [-0.39, 0.29) is 11.9 Å². The van der Waals surface area contributed by atoms with Gasteiger partial charge in [-0.3, -0.25) is 9.69 Å². The van der Waals surface area contributed by atoms with Gasteiger partial charge in [0.15, 0.2) is 0 Å². The highest BCUT2D eigenvalue weighted by Gasteiger charge is 2.26. The second kappa shape index (κ2) is 7.45. The Morgan fingerprint density at radius 1 is 1.43 bits per heavy atom. The molecule has 1 aliphatic heterocycles. The summed E-state index contributed by atoms with van der Waals surface area (Å²) >= 11 is 11.8. The number of hydrogen-bond acceptors (Lipinski definition) is 3. The molecule has 116 valence electrons. The molecule has 4 nitrogen and oxygen atoms in total. The van der Waals surface area contributed by atoms with Crippen LogP contribution in [0.15, 0.2) is 18.2 Å². The first kappa shape index (κ1) is 16.6. The fourth-order valence-corrected chi connectivity index (χ4v) is 2.98. The van der Waals surface area contributed by atoms with Crippen LogP contribution in [0.25, 0.3) is 0 Å². The number of rotatable bonds is 4. The van der Waals surface area contributed by atoms with E-state index in [0.717, 1.165) is 25.9 Å². The monoisotopic (exact) mass is 329 g/mol. The van der Waals surface area contributed by atoms with Crippen molar-refractivity contribution in [2.24, 2.45) is 11.7 Å². The molecule has 3 N–H and O–H groups in total. The molecular weight excluding hydrogens is 309 g/mol. The normalized spacial score (nSPS) is 23.0. The summed E-state index contributed by atoms with van der Waals surface area (Å²) in [6.45, 7) is 4.27. The van der Waals surface area contributed by atoms with Gasteiger partial charge >= 0.3 is 0 Å². The number of carbonyl (C=O) groups is 1. The van der Waals surface area contributed by atoms with Crippen LogP contribution in [0.1, 0.15) is 19.8 Å². The lowest BCUT2D eigenvalue weighted by Gasteiger charge is -2.36. The van der Waals surface area contributed by atoms with Crippen molar-refractivity contribution in [3.63, 3.8) is 0 Å². The predicted molar refractivity (Wildman–Crippen MR) is 87.9 cm³/mol. The number of carbonyl (C=O) groups excluding carboxylic acids is 1. The number of halogens is 2. The summed E-state index contributed by atoms with van der Waals surface area (Å²) in [4.78, 5) is 14.3. The number of piperidine rings is 1. The minimum atomic E-state index is -0.0429. The molecular formula is C15H21Cl2N3O. The van der Waals surface area contributed by atoms with Crippen LogP contribution in [-0.4, -0.2) is 36.5 Å². The Hall–Kier alpha value is -0.810. The maximum Gasteiger partial charge on any atom is 0.238 e. The first-order valence-corrected chi connectivity index (χ1v) is 7.98. The minimum absolute atomic E-state index is 0.0429. The molecule has 21 heavy (non-hydrogen) atoms. The van der Waals surface area contributed by atoms with Gasteiger partial charge in [-0.1, -0.05) is 36.5 Å². The summed E-state index contributed by atoms with van der Waals surface area (Å²) in [5, 5.41) is 3.76. The first-order valence-electron chi connectivity index (χ1n) is 7.22. The molecule has 0 aromatic heterocycles. The molecule has 0 aliphatic carbocycles. The zero-order valence-electron chi connectivity index (χ0n) is 12.1. The molecule has 2 atom stereocenters. The van der Waals surface area contributed by atoms with Crippen LogP contribution in [0, 0.1) is 5.92 Å². The minimum Gasteiger partial charge on any atom is -0.327 e. The van der Waals surface area contributed by atoms with Crippen molar-refractivity contribution in [1.82, 2.24) is 4.90 Å². The second-order valence-electron chi connectivity index (χ2n) is 5.53. The van der Waals surface area contributed by atoms with Gasteiger partial charge in [0, 0.05) is 24.8 Å². The van der Waals surface area contributed by atoms with E-state index in [2.05, 4.69) is 17.1 Å². The van der Waals surface area contributed by atoms with Crippen LogP contribution in [0.2, 0.25) is 10.0 Å². The Bertz CT molecular complexity index is 510. The van der Waals surface area contributed by atoms with Crippen molar-refractivity contribution >= 4 is 34.8 Å². The van der Waals surface area contributed by atoms with Crippen LogP contribution in [-0.2, 0) is 4.79 Å². The van der Waals surface area contributed by atoms with Gasteiger partial charge in [-0.15, -0.1) is 0 Å². The maximum atomic E-state index is 12.1. The van der Waals surface area contributed by atoms with Crippen molar-refractivity contribution in [3.8, 4) is 0 Å². The van der Waals surface area contributed by atoms with E-state index in [9.17, 15) is 4.79 Å². The Morgan fingerprint density at radius 3 is 2.86 bits per heavy atom. The standard InChI is InChI=1S/C15H21Cl2N3O/c1-2-10-8-20(6-5-14(10)18)9-15(21)19-11-3-4-12(16)13(17)7-11/h3-4,7,10,14H,2,5-6,8-9,18H2,1H3,(H,19,21). The molecule has 1 heterocycles. The summed E-state index contributed by atoms with van der Waals surface area (Å²) in [5.41, 5.74) is 6.74. The Morgan fingerprint density at radius 2 is 2.19 bits per heavy atom. The third-order valence-electron chi connectivity index (χ3n) is 3.97. The second-order valence-corrected chi connectivity index (χ2v) is 6.35. The van der Waals surface area contributed by atoms with Gasteiger partial charge in [0.2, 0.25) is 5.91 Å². The Kier molecular flexibility index (Phi) is 5.88. The van der Waals surface area contributed by atoms with Crippen molar-refractivity contribution in [3.05, 3.63) is 28.2 Å². The summed E-state index contributed by atoms with van der Waals surface area (Å²) in [7, 11) is 0. The Labute approximate surface area is 135 Å². The van der Waals surface area contributed by atoms with Crippen molar-refractivity contribution in [2.75, 3.05) is 25.0 Å². The molecule has 0 spiro atoms. The average molecular weight is 330 g/mol. The molecule has 1 aromatic carbocycles. The summed E-state index contributed by atoms with van der Waals surface area (Å²) in [6.07, 6.45) is 1.99. The fourth-order valence-electron chi connectivity index (χ4n) is 2.68.